The largest absolute Gasteiger partial charge is 0.482 e. The molecule has 0 aliphatic carbocycles. The molecule has 220 valence electrons. The number of esters is 1. The molecule has 1 atom stereocenters. The first-order valence-electron chi connectivity index (χ1n) is 12.5. The van der Waals surface area contributed by atoms with E-state index >= 15 is 0 Å². The zero-order valence-electron chi connectivity index (χ0n) is 23.0. The molecule has 0 spiro atoms. The lowest BCUT2D eigenvalue weighted by Crippen LogP contribution is -2.52. The second-order valence-corrected chi connectivity index (χ2v) is 10.1. The van der Waals surface area contributed by atoms with Gasteiger partial charge in [0, 0.05) is 6.54 Å². The highest BCUT2D eigenvalue weighted by Gasteiger charge is 2.25. The normalized spacial score (nSPS) is 12.1. The summed E-state index contributed by atoms with van der Waals surface area (Å²) in [7, 11) is 0. The van der Waals surface area contributed by atoms with Crippen molar-refractivity contribution in [2.45, 2.75) is 65.1 Å². The maximum atomic E-state index is 12.9. The number of unbranched alkanes of at least 4 members (excludes halogenated alkanes) is 1. The Morgan fingerprint density at radius 2 is 1.73 bits per heavy atom. The van der Waals surface area contributed by atoms with E-state index in [2.05, 4.69) is 9.97 Å². The van der Waals surface area contributed by atoms with E-state index < -0.39 is 30.0 Å². The number of anilines is 2. The van der Waals surface area contributed by atoms with Crippen LogP contribution in [0.1, 0.15) is 56.6 Å². The zero-order chi connectivity index (χ0) is 30.0. The van der Waals surface area contributed by atoms with Gasteiger partial charge in [0.15, 0.2) is 35.3 Å². The molecule has 2 aromatic rings. The first-order chi connectivity index (χ1) is 18.7. The van der Waals surface area contributed by atoms with Crippen LogP contribution in [0, 0.1) is 0 Å². The minimum atomic E-state index is -1.08. The molecular weight excluding hydrogens is 544 g/mol. The van der Waals surface area contributed by atoms with Gasteiger partial charge >= 0.3 is 5.97 Å². The van der Waals surface area contributed by atoms with Gasteiger partial charge in [-0.25, -0.2) is 14.8 Å². The van der Waals surface area contributed by atoms with Crippen molar-refractivity contribution in [1.29, 1.82) is 0 Å². The number of ether oxygens (including phenoxy) is 2. The number of nitrogen functional groups attached to an aromatic ring is 2. The zero-order valence-corrected chi connectivity index (χ0v) is 23.8. The number of hydrogen-bond acceptors (Lipinski definition) is 12. The van der Waals surface area contributed by atoms with Crippen molar-refractivity contribution in [3.05, 3.63) is 40.7 Å². The number of rotatable bonds is 14. The molecule has 1 heterocycles. The molecule has 0 aliphatic heterocycles. The van der Waals surface area contributed by atoms with Crippen molar-refractivity contribution < 1.29 is 28.7 Å². The molecule has 2 rings (SSSR count). The van der Waals surface area contributed by atoms with Gasteiger partial charge in [0.2, 0.25) is 6.41 Å². The van der Waals surface area contributed by atoms with E-state index in [1.54, 1.807) is 32.9 Å². The Balaban J connectivity index is 1.81. The predicted molar refractivity (Wildman–Crippen MR) is 148 cm³/mol. The Labute approximate surface area is 237 Å². The maximum absolute atomic E-state index is 12.9. The van der Waals surface area contributed by atoms with Crippen LogP contribution in [0.25, 0.3) is 0 Å². The lowest BCUT2D eigenvalue weighted by molar-refractivity contribution is -0.266. The van der Waals surface area contributed by atoms with Gasteiger partial charge in [-0.3, -0.25) is 25.9 Å². The second kappa shape index (κ2) is 14.6. The summed E-state index contributed by atoms with van der Waals surface area (Å²) >= 11 is 5.87. The Morgan fingerprint density at radius 1 is 1.07 bits per heavy atom. The predicted octanol–water partition coefficient (Wildman–Crippen LogP) is 1.42. The van der Waals surface area contributed by atoms with Crippen LogP contribution < -0.4 is 27.7 Å². The SMILES string of the molecule is CC(OC(=O)COc1ccc(CCCCN(C(=O)c2nc(Cl)c(N)nc2N)C(N)N)cc1)N(C=O)OC(C)(C)C. The number of carbonyl (C=O) groups is 3. The fraction of sp³-hybridized carbons (Fsp3) is 0.480. The van der Waals surface area contributed by atoms with Crippen LogP contribution in [0.5, 0.6) is 5.75 Å². The highest BCUT2D eigenvalue weighted by molar-refractivity contribution is 6.31. The summed E-state index contributed by atoms with van der Waals surface area (Å²) in [5, 5.41) is 0.789. The van der Waals surface area contributed by atoms with Crippen LogP contribution in [-0.4, -0.2) is 69.5 Å². The van der Waals surface area contributed by atoms with Crippen LogP contribution in [0.15, 0.2) is 24.3 Å². The number of hydrogen-bond donors (Lipinski definition) is 4. The average Bonchev–Trinajstić information content (AvgIpc) is 2.87. The van der Waals surface area contributed by atoms with E-state index in [0.29, 0.717) is 31.4 Å². The summed E-state index contributed by atoms with van der Waals surface area (Å²) in [5.41, 5.74) is 23.1. The Bertz CT molecular complexity index is 1160. The number of nitrogens with zero attached hydrogens (tertiary/aromatic N) is 4. The van der Waals surface area contributed by atoms with Crippen LogP contribution >= 0.6 is 11.6 Å². The molecule has 1 aromatic heterocycles. The average molecular weight is 581 g/mol. The fourth-order valence-corrected chi connectivity index (χ4v) is 3.53. The first kappa shape index (κ1) is 32.5. The summed E-state index contributed by atoms with van der Waals surface area (Å²) in [5.74, 6) is -1.04. The number of nitrogens with two attached hydrogens (primary N) is 4. The number of halogens is 1. The van der Waals surface area contributed by atoms with Crippen molar-refractivity contribution >= 4 is 41.5 Å². The second-order valence-electron chi connectivity index (χ2n) is 9.77. The lowest BCUT2D eigenvalue weighted by atomic mass is 10.1. The fourth-order valence-electron chi connectivity index (χ4n) is 3.40. The smallest absolute Gasteiger partial charge is 0.346 e. The molecule has 0 saturated carbocycles. The van der Waals surface area contributed by atoms with Gasteiger partial charge in [-0.2, -0.15) is 5.06 Å². The molecule has 1 aromatic carbocycles. The Morgan fingerprint density at radius 3 is 2.30 bits per heavy atom. The summed E-state index contributed by atoms with van der Waals surface area (Å²) in [4.78, 5) is 50.6. The van der Waals surface area contributed by atoms with Gasteiger partial charge in [0.1, 0.15) is 12.0 Å². The Hall–Kier alpha value is -3.72. The van der Waals surface area contributed by atoms with Crippen LogP contribution in [0.3, 0.4) is 0 Å². The molecule has 15 heteroatoms. The molecule has 0 saturated heterocycles. The number of amides is 2. The van der Waals surface area contributed by atoms with E-state index in [-0.39, 0.29) is 35.6 Å². The van der Waals surface area contributed by atoms with E-state index in [9.17, 15) is 14.4 Å². The van der Waals surface area contributed by atoms with Gasteiger partial charge in [-0.05, 0) is 64.7 Å². The summed E-state index contributed by atoms with van der Waals surface area (Å²) < 4.78 is 10.7. The molecule has 1 unspecified atom stereocenters. The van der Waals surface area contributed by atoms with Crippen molar-refractivity contribution in [1.82, 2.24) is 19.9 Å². The first-order valence-corrected chi connectivity index (χ1v) is 12.8. The minimum Gasteiger partial charge on any atom is -0.482 e. The molecule has 0 radical (unpaired) electrons. The van der Waals surface area contributed by atoms with Gasteiger partial charge in [-0.1, -0.05) is 23.7 Å². The summed E-state index contributed by atoms with van der Waals surface area (Å²) in [6.45, 7) is 6.72. The van der Waals surface area contributed by atoms with E-state index in [1.807, 2.05) is 12.1 Å². The Kier molecular flexibility index (Phi) is 11.9. The highest BCUT2D eigenvalue weighted by Crippen LogP contribution is 2.20. The lowest BCUT2D eigenvalue weighted by Gasteiger charge is -2.30. The standard InChI is InChI=1S/C25H37ClN8O6/c1-15(34(14-35)40-25(2,3)4)39-18(36)13-38-17-10-8-16(9-11-17)7-5-6-12-33(24(29)30)23(37)19-21(27)32-22(28)20(26)31-19/h8-11,14-15,24H,5-7,12-13,29-30H2,1-4H3,(H4,27,28,32). The monoisotopic (exact) mass is 580 g/mol. The molecule has 40 heavy (non-hydrogen) atoms. The van der Waals surface area contributed by atoms with Gasteiger partial charge in [0.25, 0.3) is 5.91 Å². The van der Waals surface area contributed by atoms with Crippen molar-refractivity contribution in [3.8, 4) is 5.75 Å². The minimum absolute atomic E-state index is 0.0853. The molecule has 0 aliphatic rings. The van der Waals surface area contributed by atoms with E-state index in [4.69, 9.17) is 48.8 Å². The van der Waals surface area contributed by atoms with Crippen LogP contribution in [-0.2, 0) is 25.6 Å². The number of carbonyl (C=O) groups excluding carboxylic acids is 3. The van der Waals surface area contributed by atoms with E-state index in [0.717, 1.165) is 10.6 Å². The van der Waals surface area contributed by atoms with Gasteiger partial charge < -0.3 is 25.8 Å². The third-order valence-corrected chi connectivity index (χ3v) is 5.54. The molecule has 0 fully saturated rings. The molecule has 14 nitrogen and oxygen atoms in total. The van der Waals surface area contributed by atoms with Crippen molar-refractivity contribution in [2.24, 2.45) is 11.5 Å². The number of hydroxylamine groups is 2. The summed E-state index contributed by atoms with van der Waals surface area (Å²) in [6, 6.07) is 7.17. The number of aryl methyl sites for hydroxylation is 1. The van der Waals surface area contributed by atoms with Crippen LogP contribution in [0.4, 0.5) is 11.6 Å². The quantitative estimate of drug-likeness (QED) is 0.0820. The van der Waals surface area contributed by atoms with Gasteiger partial charge in [-0.15, -0.1) is 0 Å². The van der Waals surface area contributed by atoms with Crippen molar-refractivity contribution in [2.75, 3.05) is 24.6 Å². The molecule has 0 bridgehead atoms. The topological polar surface area (TPSA) is 215 Å². The van der Waals surface area contributed by atoms with Crippen LogP contribution in [0.2, 0.25) is 5.15 Å². The van der Waals surface area contributed by atoms with Crippen molar-refractivity contribution in [3.63, 3.8) is 0 Å². The third-order valence-electron chi connectivity index (χ3n) is 5.27. The summed E-state index contributed by atoms with van der Waals surface area (Å²) in [6.07, 6.45) is 0.448. The number of benzene rings is 1. The molecule has 8 N–H and O–H groups in total. The third kappa shape index (κ3) is 10.1. The molecule has 2 amide bonds. The highest BCUT2D eigenvalue weighted by atomic mass is 35.5. The number of aromatic nitrogens is 2. The van der Waals surface area contributed by atoms with E-state index in [1.165, 1.54) is 11.8 Å². The molecular formula is C25H37ClN8O6. The maximum Gasteiger partial charge on any atom is 0.346 e. The van der Waals surface area contributed by atoms with Gasteiger partial charge in [0.05, 0.1) is 5.60 Å².